The molecule has 1 aromatic heterocycles. The first-order chi connectivity index (χ1) is 10.1. The van der Waals surface area contributed by atoms with Crippen LogP contribution in [0.25, 0.3) is 5.69 Å². The normalized spacial score (nSPS) is 14.4. The predicted molar refractivity (Wildman–Crippen MR) is 89.4 cm³/mol. The van der Waals surface area contributed by atoms with Gasteiger partial charge in [-0.3, -0.25) is 9.36 Å². The van der Waals surface area contributed by atoms with Crippen LogP contribution in [0.3, 0.4) is 0 Å². The number of carbonyl (C=O) groups is 1. The van der Waals surface area contributed by atoms with Crippen LogP contribution < -0.4 is 0 Å². The molecule has 0 radical (unpaired) electrons. The Bertz CT molecular complexity index is 703. The van der Waals surface area contributed by atoms with Crippen LogP contribution in [0.15, 0.2) is 23.4 Å². The number of hydrogen-bond donors (Lipinski definition) is 1. The molecule has 3 rings (SSSR count). The summed E-state index contributed by atoms with van der Waals surface area (Å²) in [7, 11) is 0. The van der Waals surface area contributed by atoms with Crippen molar-refractivity contribution in [3.63, 3.8) is 0 Å². The Hall–Kier alpha value is -0.800. The van der Waals surface area contributed by atoms with E-state index in [0.717, 1.165) is 39.7 Å². The standard InChI is InChI=1S/C13H11ClIN3O2S/c14-9-5-8(15)3-4-10(9)18-12(7-1-2-7)16-17-13(18)21-6-11(19)20/h3-5,7H,1-2,6H2,(H,19,20). The summed E-state index contributed by atoms with van der Waals surface area (Å²) in [6.45, 7) is 0. The van der Waals surface area contributed by atoms with Crippen LogP contribution in [0.4, 0.5) is 0 Å². The van der Waals surface area contributed by atoms with Gasteiger partial charge in [-0.15, -0.1) is 10.2 Å². The summed E-state index contributed by atoms with van der Waals surface area (Å²) in [5, 5.41) is 18.4. The number of benzene rings is 1. The fourth-order valence-electron chi connectivity index (χ4n) is 2.00. The minimum Gasteiger partial charge on any atom is -0.481 e. The largest absolute Gasteiger partial charge is 0.481 e. The van der Waals surface area contributed by atoms with Crippen molar-refractivity contribution in [1.82, 2.24) is 14.8 Å². The number of nitrogens with zero attached hydrogens (tertiary/aromatic N) is 3. The van der Waals surface area contributed by atoms with Gasteiger partial charge in [0.25, 0.3) is 0 Å². The van der Waals surface area contributed by atoms with Crippen LogP contribution in [0.1, 0.15) is 24.6 Å². The van der Waals surface area contributed by atoms with Crippen molar-refractivity contribution in [3.8, 4) is 5.69 Å². The summed E-state index contributed by atoms with van der Waals surface area (Å²) in [4.78, 5) is 10.8. The van der Waals surface area contributed by atoms with Crippen LogP contribution >= 0.6 is 46.0 Å². The van der Waals surface area contributed by atoms with E-state index < -0.39 is 5.97 Å². The van der Waals surface area contributed by atoms with Crippen molar-refractivity contribution in [2.24, 2.45) is 0 Å². The second kappa shape index (κ2) is 6.13. The maximum absolute atomic E-state index is 10.8. The Morgan fingerprint density at radius 3 is 2.86 bits per heavy atom. The van der Waals surface area contributed by atoms with Gasteiger partial charge in [-0.25, -0.2) is 0 Å². The van der Waals surface area contributed by atoms with Crippen molar-refractivity contribution < 1.29 is 9.90 Å². The minimum atomic E-state index is -0.878. The molecule has 0 aliphatic heterocycles. The third-order valence-electron chi connectivity index (χ3n) is 3.08. The highest BCUT2D eigenvalue weighted by Crippen LogP contribution is 2.42. The molecule has 1 aliphatic carbocycles. The maximum atomic E-state index is 10.8. The molecule has 21 heavy (non-hydrogen) atoms. The minimum absolute atomic E-state index is 0.0508. The van der Waals surface area contributed by atoms with Crippen molar-refractivity contribution in [1.29, 1.82) is 0 Å². The lowest BCUT2D eigenvalue weighted by molar-refractivity contribution is -0.133. The number of aliphatic carboxylic acids is 1. The third kappa shape index (κ3) is 3.35. The van der Waals surface area contributed by atoms with E-state index >= 15 is 0 Å². The fraction of sp³-hybridized carbons (Fsp3) is 0.308. The van der Waals surface area contributed by atoms with E-state index in [9.17, 15) is 4.79 Å². The number of hydrogen-bond acceptors (Lipinski definition) is 4. The van der Waals surface area contributed by atoms with Gasteiger partial charge in [0.2, 0.25) is 0 Å². The molecule has 2 aromatic rings. The lowest BCUT2D eigenvalue weighted by atomic mass is 10.3. The highest BCUT2D eigenvalue weighted by Gasteiger charge is 2.31. The lowest BCUT2D eigenvalue weighted by Gasteiger charge is -2.11. The monoisotopic (exact) mass is 435 g/mol. The molecule has 1 saturated carbocycles. The molecule has 0 unspecified atom stereocenters. The highest BCUT2D eigenvalue weighted by molar-refractivity contribution is 14.1. The SMILES string of the molecule is O=C(O)CSc1nnc(C2CC2)n1-c1ccc(I)cc1Cl. The second-order valence-corrected chi connectivity index (χ2v) is 7.32. The van der Waals surface area contributed by atoms with Gasteiger partial charge in [-0.05, 0) is 53.6 Å². The van der Waals surface area contributed by atoms with Crippen LogP contribution in [-0.2, 0) is 4.79 Å². The molecule has 0 bridgehead atoms. The topological polar surface area (TPSA) is 68.0 Å². The number of aromatic nitrogens is 3. The van der Waals surface area contributed by atoms with E-state index in [1.54, 1.807) is 0 Å². The average Bonchev–Trinajstić information content (AvgIpc) is 3.18. The van der Waals surface area contributed by atoms with Gasteiger partial charge in [0.1, 0.15) is 5.82 Å². The Morgan fingerprint density at radius 2 is 2.24 bits per heavy atom. The predicted octanol–water partition coefficient (Wildman–Crippen LogP) is 3.58. The first-order valence-electron chi connectivity index (χ1n) is 6.31. The molecule has 0 atom stereocenters. The van der Waals surface area contributed by atoms with Gasteiger partial charge in [-0.1, -0.05) is 23.4 Å². The van der Waals surface area contributed by atoms with Crippen molar-refractivity contribution in [3.05, 3.63) is 32.6 Å². The highest BCUT2D eigenvalue weighted by atomic mass is 127. The number of thioether (sulfide) groups is 1. The molecule has 5 nitrogen and oxygen atoms in total. The summed E-state index contributed by atoms with van der Waals surface area (Å²) in [5.74, 6) is 0.333. The van der Waals surface area contributed by atoms with E-state index in [-0.39, 0.29) is 5.75 Å². The van der Waals surface area contributed by atoms with E-state index in [2.05, 4.69) is 32.8 Å². The zero-order valence-electron chi connectivity index (χ0n) is 10.8. The Labute approximate surface area is 144 Å². The summed E-state index contributed by atoms with van der Waals surface area (Å²) in [5.41, 5.74) is 0.803. The first-order valence-corrected chi connectivity index (χ1v) is 8.76. The maximum Gasteiger partial charge on any atom is 0.313 e. The fourth-order valence-corrected chi connectivity index (χ4v) is 3.61. The molecule has 0 spiro atoms. The molecule has 1 aromatic carbocycles. The number of halogens is 2. The van der Waals surface area contributed by atoms with Crippen LogP contribution in [0.2, 0.25) is 5.02 Å². The Balaban J connectivity index is 2.05. The van der Waals surface area contributed by atoms with Crippen LogP contribution in [0, 0.1) is 3.57 Å². The zero-order chi connectivity index (χ0) is 15.0. The Morgan fingerprint density at radius 1 is 1.48 bits per heavy atom. The molecule has 110 valence electrons. The van der Waals surface area contributed by atoms with Crippen molar-refractivity contribution >= 4 is 51.9 Å². The smallest absolute Gasteiger partial charge is 0.313 e. The summed E-state index contributed by atoms with van der Waals surface area (Å²) in [6.07, 6.45) is 2.17. The van der Waals surface area contributed by atoms with Gasteiger partial charge in [-0.2, -0.15) is 0 Å². The van der Waals surface area contributed by atoms with Gasteiger partial charge < -0.3 is 5.11 Å². The van der Waals surface area contributed by atoms with Crippen molar-refractivity contribution in [2.75, 3.05) is 5.75 Å². The third-order valence-corrected chi connectivity index (χ3v) is 4.96. The van der Waals surface area contributed by atoms with Crippen LogP contribution in [0.5, 0.6) is 0 Å². The lowest BCUT2D eigenvalue weighted by Crippen LogP contribution is -2.05. The average molecular weight is 436 g/mol. The van der Waals surface area contributed by atoms with E-state index in [1.165, 1.54) is 0 Å². The molecule has 1 fully saturated rings. The zero-order valence-corrected chi connectivity index (χ0v) is 14.5. The summed E-state index contributed by atoms with van der Waals surface area (Å²) < 4.78 is 2.94. The van der Waals surface area contributed by atoms with Gasteiger partial charge >= 0.3 is 5.97 Å². The van der Waals surface area contributed by atoms with Gasteiger partial charge in [0.15, 0.2) is 5.16 Å². The van der Waals surface area contributed by atoms with Crippen LogP contribution in [-0.4, -0.2) is 31.6 Å². The van der Waals surface area contributed by atoms with E-state index in [4.69, 9.17) is 16.7 Å². The molecule has 1 N–H and O–H groups in total. The molecule has 8 heteroatoms. The molecule has 0 saturated heterocycles. The number of rotatable bonds is 5. The molecular weight excluding hydrogens is 425 g/mol. The molecule has 1 heterocycles. The number of carboxylic acids is 1. The summed E-state index contributed by atoms with van der Waals surface area (Å²) in [6, 6.07) is 5.76. The van der Waals surface area contributed by atoms with E-state index in [0.29, 0.717) is 16.1 Å². The second-order valence-electron chi connectivity index (χ2n) is 4.73. The van der Waals surface area contributed by atoms with Gasteiger partial charge in [0.05, 0.1) is 16.5 Å². The van der Waals surface area contributed by atoms with Crippen molar-refractivity contribution in [2.45, 2.75) is 23.9 Å². The summed E-state index contributed by atoms with van der Waals surface area (Å²) >= 11 is 9.70. The quantitative estimate of drug-likeness (QED) is 0.574. The van der Waals surface area contributed by atoms with E-state index in [1.807, 2.05) is 22.8 Å². The van der Waals surface area contributed by atoms with Gasteiger partial charge in [0, 0.05) is 9.49 Å². The molecule has 1 aliphatic rings. The molecule has 0 amide bonds. The first kappa shape index (κ1) is 15.1. The molecular formula is C13H11ClIN3O2S. The number of carboxylic acid groups (broad SMARTS) is 1. The Kier molecular flexibility index (Phi) is 4.41.